The predicted molar refractivity (Wildman–Crippen MR) is 142 cm³/mol. The summed E-state index contributed by atoms with van der Waals surface area (Å²) in [4.78, 5) is 23.9. The van der Waals surface area contributed by atoms with Gasteiger partial charge < -0.3 is 15.0 Å². The first kappa shape index (κ1) is 25.2. The minimum atomic E-state index is -0.517. The lowest BCUT2D eigenvalue weighted by atomic mass is 9.98. The largest absolute Gasteiger partial charge is 0.444 e. The van der Waals surface area contributed by atoms with Crippen LogP contribution >= 0.6 is 0 Å². The lowest BCUT2D eigenvalue weighted by molar-refractivity contribution is 0.0517. The van der Waals surface area contributed by atoms with Crippen molar-refractivity contribution in [1.29, 1.82) is 5.26 Å². The van der Waals surface area contributed by atoms with Gasteiger partial charge >= 0.3 is 6.09 Å². The number of hydrogen-bond acceptors (Lipinski definition) is 8. The zero-order chi connectivity index (χ0) is 26.9. The van der Waals surface area contributed by atoms with Crippen molar-refractivity contribution in [1.82, 2.24) is 34.7 Å². The second kappa shape index (κ2) is 10.1. The van der Waals surface area contributed by atoms with E-state index < -0.39 is 5.60 Å². The summed E-state index contributed by atoms with van der Waals surface area (Å²) in [6, 6.07) is 6.18. The number of piperidine rings is 1. The van der Waals surface area contributed by atoms with Crippen LogP contribution in [0.3, 0.4) is 0 Å². The van der Waals surface area contributed by atoms with E-state index in [1.165, 1.54) is 0 Å². The van der Waals surface area contributed by atoms with Crippen molar-refractivity contribution in [3.63, 3.8) is 0 Å². The van der Waals surface area contributed by atoms with Crippen LogP contribution in [0.5, 0.6) is 0 Å². The smallest absolute Gasteiger partial charge is 0.407 e. The fraction of sp³-hybridized carbons (Fsp3) is 0.407. The number of carbonyl (C=O) groups is 1. The van der Waals surface area contributed by atoms with Crippen molar-refractivity contribution in [3.05, 3.63) is 48.7 Å². The van der Waals surface area contributed by atoms with Gasteiger partial charge in [-0.15, -0.1) is 0 Å². The molecule has 1 saturated heterocycles. The molecule has 11 nitrogen and oxygen atoms in total. The Hall–Kier alpha value is -4.46. The third-order valence-corrected chi connectivity index (χ3v) is 6.42. The van der Waals surface area contributed by atoms with Gasteiger partial charge in [0.15, 0.2) is 0 Å². The number of aryl methyl sites for hydroxylation is 1. The van der Waals surface area contributed by atoms with E-state index in [-0.39, 0.29) is 6.09 Å². The molecule has 0 radical (unpaired) electrons. The van der Waals surface area contributed by atoms with Gasteiger partial charge in [-0.1, -0.05) is 0 Å². The average Bonchev–Trinajstić information content (AvgIpc) is 3.52. The Morgan fingerprint density at radius 1 is 1.18 bits per heavy atom. The SMILES string of the molecule is Cn1cc(-c2cn3ncc(C#N)c3c(-c3ccc(N4CCC[C@@H](CNC(=O)OC(C)(C)C)C4)nc3)n2)cn1. The Balaban J connectivity index is 1.36. The molecule has 1 N–H and O–H groups in total. The summed E-state index contributed by atoms with van der Waals surface area (Å²) in [5.41, 5.74) is 3.56. The van der Waals surface area contributed by atoms with Crippen molar-refractivity contribution in [2.45, 2.75) is 39.2 Å². The maximum atomic E-state index is 12.1. The van der Waals surface area contributed by atoms with Crippen LogP contribution in [-0.4, -0.2) is 60.7 Å². The highest BCUT2D eigenvalue weighted by Crippen LogP contribution is 2.30. The van der Waals surface area contributed by atoms with E-state index in [0.717, 1.165) is 42.9 Å². The lowest BCUT2D eigenvalue weighted by Gasteiger charge is -2.33. The maximum absolute atomic E-state index is 12.1. The van der Waals surface area contributed by atoms with Gasteiger partial charge in [0, 0.05) is 50.2 Å². The summed E-state index contributed by atoms with van der Waals surface area (Å²) in [7, 11) is 1.85. The number of carbonyl (C=O) groups excluding carboxylic acids is 1. The highest BCUT2D eigenvalue weighted by Gasteiger charge is 2.23. The number of anilines is 1. The Morgan fingerprint density at radius 3 is 2.71 bits per heavy atom. The Labute approximate surface area is 221 Å². The third-order valence-electron chi connectivity index (χ3n) is 6.42. The first-order valence-corrected chi connectivity index (χ1v) is 12.7. The molecule has 1 aliphatic rings. The lowest BCUT2D eigenvalue weighted by Crippen LogP contribution is -2.42. The van der Waals surface area contributed by atoms with E-state index in [0.29, 0.717) is 34.9 Å². The van der Waals surface area contributed by atoms with Gasteiger partial charge in [-0.25, -0.2) is 19.3 Å². The molecule has 0 bridgehead atoms. The number of rotatable bonds is 5. The van der Waals surface area contributed by atoms with Crippen LogP contribution in [0, 0.1) is 17.2 Å². The maximum Gasteiger partial charge on any atom is 0.407 e. The molecule has 5 rings (SSSR count). The minimum Gasteiger partial charge on any atom is -0.444 e. The van der Waals surface area contributed by atoms with E-state index >= 15 is 0 Å². The van der Waals surface area contributed by atoms with Gasteiger partial charge in [0.2, 0.25) is 0 Å². The van der Waals surface area contributed by atoms with Crippen LogP contribution in [0.2, 0.25) is 0 Å². The number of nitrogens with one attached hydrogen (secondary N) is 1. The second-order valence-electron chi connectivity index (χ2n) is 10.6. The van der Waals surface area contributed by atoms with Gasteiger partial charge in [0.05, 0.1) is 30.0 Å². The Bertz CT molecular complexity index is 1490. The molecular formula is C27H31N9O2. The van der Waals surface area contributed by atoms with Crippen molar-refractivity contribution in [2.24, 2.45) is 13.0 Å². The molecule has 0 unspecified atom stereocenters. The van der Waals surface area contributed by atoms with Gasteiger partial charge in [-0.05, 0) is 51.7 Å². The average molecular weight is 514 g/mol. The van der Waals surface area contributed by atoms with E-state index in [1.54, 1.807) is 34.0 Å². The van der Waals surface area contributed by atoms with Crippen molar-refractivity contribution in [3.8, 4) is 28.6 Å². The molecule has 0 saturated carbocycles. The van der Waals surface area contributed by atoms with Crippen LogP contribution < -0.4 is 10.2 Å². The Kier molecular flexibility index (Phi) is 6.72. The summed E-state index contributed by atoms with van der Waals surface area (Å²) in [5.74, 6) is 1.17. The number of hydrogen-bond donors (Lipinski definition) is 1. The number of alkyl carbamates (subject to hydrolysis) is 1. The van der Waals surface area contributed by atoms with Crippen LogP contribution in [0.15, 0.2) is 43.1 Å². The van der Waals surface area contributed by atoms with Gasteiger partial charge in [0.25, 0.3) is 0 Å². The van der Waals surface area contributed by atoms with Crippen LogP contribution in [0.25, 0.3) is 28.0 Å². The molecule has 0 aromatic carbocycles. The molecule has 11 heteroatoms. The first-order chi connectivity index (χ1) is 18.2. The molecule has 0 aliphatic carbocycles. The van der Waals surface area contributed by atoms with Crippen molar-refractivity contribution < 1.29 is 9.53 Å². The van der Waals surface area contributed by atoms with Gasteiger partial charge in [0.1, 0.15) is 28.6 Å². The number of nitrogens with zero attached hydrogens (tertiary/aromatic N) is 8. The zero-order valence-electron chi connectivity index (χ0n) is 22.0. The fourth-order valence-corrected chi connectivity index (χ4v) is 4.68. The van der Waals surface area contributed by atoms with Crippen molar-refractivity contribution in [2.75, 3.05) is 24.5 Å². The molecule has 1 fully saturated rings. The number of pyridine rings is 1. The fourth-order valence-electron chi connectivity index (χ4n) is 4.68. The van der Waals surface area contributed by atoms with Crippen molar-refractivity contribution >= 4 is 17.4 Å². The standard InChI is InChI=1S/C27H31N9O2/c1-27(2,3)38-26(37)30-11-18-6-5-9-35(15-18)23-8-7-19(12-29-23)24-25-20(10-28)13-32-36(25)17-22(33-24)21-14-31-34(4)16-21/h7-8,12-14,16-18H,5-6,9,11,15H2,1-4H3,(H,30,37)/t18-/m0/s1. The second-order valence-corrected chi connectivity index (χ2v) is 10.6. The molecule has 1 amide bonds. The molecule has 0 spiro atoms. The number of aromatic nitrogens is 6. The van der Waals surface area contributed by atoms with Crippen LogP contribution in [-0.2, 0) is 11.8 Å². The topological polar surface area (TPSA) is 126 Å². The number of fused-ring (bicyclic) bond motifs is 1. The monoisotopic (exact) mass is 513 g/mol. The molecule has 4 aromatic heterocycles. The molecule has 1 aliphatic heterocycles. The molecule has 38 heavy (non-hydrogen) atoms. The molecule has 5 heterocycles. The molecular weight excluding hydrogens is 482 g/mol. The minimum absolute atomic E-state index is 0.306. The van der Waals surface area contributed by atoms with Gasteiger partial charge in [-0.3, -0.25) is 4.68 Å². The number of amides is 1. The van der Waals surface area contributed by atoms with Crippen LogP contribution in [0.1, 0.15) is 39.2 Å². The van der Waals surface area contributed by atoms with Crippen LogP contribution in [0.4, 0.5) is 10.6 Å². The molecule has 1 atom stereocenters. The summed E-state index contributed by atoms with van der Waals surface area (Å²) in [6.45, 7) is 7.82. The molecule has 196 valence electrons. The quantitative estimate of drug-likeness (QED) is 0.427. The molecule has 4 aromatic rings. The van der Waals surface area contributed by atoms with E-state index in [2.05, 4.69) is 26.5 Å². The summed E-state index contributed by atoms with van der Waals surface area (Å²) < 4.78 is 8.76. The highest BCUT2D eigenvalue weighted by molar-refractivity contribution is 5.83. The van der Waals surface area contributed by atoms with E-state index in [1.807, 2.05) is 46.1 Å². The third kappa shape index (κ3) is 5.44. The Morgan fingerprint density at radius 2 is 2.03 bits per heavy atom. The normalized spacial score (nSPS) is 15.9. The zero-order valence-corrected chi connectivity index (χ0v) is 22.0. The number of ether oxygens (including phenoxy) is 1. The predicted octanol–water partition coefficient (Wildman–Crippen LogP) is 3.80. The van der Waals surface area contributed by atoms with E-state index in [9.17, 15) is 10.1 Å². The van der Waals surface area contributed by atoms with Gasteiger partial charge in [-0.2, -0.15) is 15.5 Å². The summed E-state index contributed by atoms with van der Waals surface area (Å²) in [6.07, 6.45) is 10.4. The number of nitriles is 1. The summed E-state index contributed by atoms with van der Waals surface area (Å²) in [5, 5.41) is 21.2. The highest BCUT2D eigenvalue weighted by atomic mass is 16.6. The van der Waals surface area contributed by atoms with E-state index in [4.69, 9.17) is 14.7 Å². The first-order valence-electron chi connectivity index (χ1n) is 12.7. The summed E-state index contributed by atoms with van der Waals surface area (Å²) >= 11 is 0.